The van der Waals surface area contributed by atoms with Gasteiger partial charge in [-0.2, -0.15) is 0 Å². The number of amides is 1. The molecule has 0 saturated carbocycles. The van der Waals surface area contributed by atoms with E-state index in [0.717, 1.165) is 17.7 Å². The lowest BCUT2D eigenvalue weighted by atomic mass is 10.1. The van der Waals surface area contributed by atoms with Crippen LogP contribution < -0.4 is 4.90 Å². The van der Waals surface area contributed by atoms with Gasteiger partial charge in [-0.1, -0.05) is 23.4 Å². The van der Waals surface area contributed by atoms with Crippen molar-refractivity contribution in [3.05, 3.63) is 54.1 Å². The highest BCUT2D eigenvalue weighted by Gasteiger charge is 2.25. The number of anilines is 1. The Hall–Kier alpha value is -2.76. The molecule has 0 fully saturated rings. The van der Waals surface area contributed by atoms with Crippen molar-refractivity contribution in [2.75, 3.05) is 11.4 Å². The van der Waals surface area contributed by atoms with E-state index in [1.807, 2.05) is 24.3 Å². The zero-order valence-electron chi connectivity index (χ0n) is 11.3. The maximum Gasteiger partial charge on any atom is 0.278 e. The first-order chi connectivity index (χ1) is 10.3. The third-order valence-electron chi connectivity index (χ3n) is 3.45. The minimum atomic E-state index is -0.199. The Bertz CT molecular complexity index is 685. The van der Waals surface area contributed by atoms with E-state index in [2.05, 4.69) is 15.1 Å². The number of carbonyl (C=O) groups excluding carboxylic acids is 1. The molecule has 1 aromatic heterocycles. The molecule has 0 unspecified atom stereocenters. The highest BCUT2D eigenvalue weighted by Crippen LogP contribution is 2.27. The largest absolute Gasteiger partial charge is 0.411 e. The Kier molecular flexibility index (Phi) is 3.59. The van der Waals surface area contributed by atoms with Crippen LogP contribution in [0.25, 0.3) is 0 Å². The van der Waals surface area contributed by atoms with Crippen molar-refractivity contribution < 1.29 is 10.0 Å². The van der Waals surface area contributed by atoms with Gasteiger partial charge >= 0.3 is 0 Å². The summed E-state index contributed by atoms with van der Waals surface area (Å²) in [7, 11) is 0. The summed E-state index contributed by atoms with van der Waals surface area (Å²) in [6.45, 7) is 0.547. The molecule has 1 aliphatic rings. The van der Waals surface area contributed by atoms with E-state index in [1.165, 1.54) is 18.6 Å². The molecular weight excluding hydrogens is 268 g/mol. The van der Waals surface area contributed by atoms with Crippen molar-refractivity contribution in [2.24, 2.45) is 5.16 Å². The average molecular weight is 282 g/mol. The zero-order valence-corrected chi connectivity index (χ0v) is 11.3. The Morgan fingerprint density at radius 1 is 1.29 bits per heavy atom. The van der Waals surface area contributed by atoms with E-state index >= 15 is 0 Å². The fourth-order valence-corrected chi connectivity index (χ4v) is 2.48. The summed E-state index contributed by atoms with van der Waals surface area (Å²) < 4.78 is 0. The molecule has 0 atom stereocenters. The number of carbonyl (C=O) groups is 1. The highest BCUT2D eigenvalue weighted by molar-refractivity contribution is 6.12. The first-order valence-corrected chi connectivity index (χ1v) is 6.69. The summed E-state index contributed by atoms with van der Waals surface area (Å²) >= 11 is 0. The van der Waals surface area contributed by atoms with Crippen molar-refractivity contribution >= 4 is 17.3 Å². The minimum Gasteiger partial charge on any atom is -0.411 e. The summed E-state index contributed by atoms with van der Waals surface area (Å²) in [6, 6.07) is 7.42. The van der Waals surface area contributed by atoms with Crippen molar-refractivity contribution in [3.8, 4) is 0 Å². The Morgan fingerprint density at radius 3 is 2.90 bits per heavy atom. The number of para-hydroxylation sites is 1. The minimum absolute atomic E-state index is 0.199. The molecule has 1 N–H and O–H groups in total. The maximum atomic E-state index is 12.6. The van der Waals surface area contributed by atoms with Crippen molar-refractivity contribution in [2.45, 2.75) is 12.8 Å². The van der Waals surface area contributed by atoms with E-state index in [4.69, 9.17) is 5.21 Å². The monoisotopic (exact) mass is 282 g/mol. The second-order valence-electron chi connectivity index (χ2n) is 4.71. The molecule has 1 aromatic carbocycles. The van der Waals surface area contributed by atoms with Crippen LogP contribution >= 0.6 is 0 Å². The van der Waals surface area contributed by atoms with Crippen LogP contribution in [0.5, 0.6) is 0 Å². The van der Waals surface area contributed by atoms with E-state index < -0.39 is 0 Å². The van der Waals surface area contributed by atoms with E-state index in [9.17, 15) is 4.79 Å². The van der Waals surface area contributed by atoms with Crippen molar-refractivity contribution in [1.29, 1.82) is 0 Å². The fraction of sp³-hybridized carbons (Fsp3) is 0.200. The zero-order chi connectivity index (χ0) is 14.7. The standard InChI is InChI=1S/C15H14N4O2/c20-15(13-10-16-7-8-17-13)19-9-3-5-12(18-21)11-4-1-2-6-14(11)19/h1-2,4,6-8,10,21H,3,5,9H2/b18-12-. The SMILES string of the molecule is O=C(c1cnccn1)N1CCC/C(=N/O)c2ccccc21. The summed E-state index contributed by atoms with van der Waals surface area (Å²) in [6.07, 6.45) is 5.83. The van der Waals surface area contributed by atoms with Crippen LogP contribution in [-0.4, -0.2) is 33.3 Å². The van der Waals surface area contributed by atoms with Gasteiger partial charge in [0.05, 0.1) is 17.6 Å². The smallest absolute Gasteiger partial charge is 0.278 e. The highest BCUT2D eigenvalue weighted by atomic mass is 16.4. The lowest BCUT2D eigenvalue weighted by Gasteiger charge is -2.22. The third kappa shape index (κ3) is 2.47. The second-order valence-corrected chi connectivity index (χ2v) is 4.71. The molecule has 0 saturated heterocycles. The molecule has 6 nitrogen and oxygen atoms in total. The number of rotatable bonds is 1. The molecule has 1 aliphatic heterocycles. The fourth-order valence-electron chi connectivity index (χ4n) is 2.48. The number of aromatic nitrogens is 2. The Morgan fingerprint density at radius 2 is 2.14 bits per heavy atom. The van der Waals surface area contributed by atoms with Gasteiger partial charge in [-0.3, -0.25) is 9.78 Å². The molecule has 0 bridgehead atoms. The van der Waals surface area contributed by atoms with Crippen LogP contribution in [0.15, 0.2) is 48.0 Å². The molecule has 106 valence electrons. The van der Waals surface area contributed by atoms with E-state index in [1.54, 1.807) is 4.90 Å². The predicted molar refractivity (Wildman–Crippen MR) is 77.7 cm³/mol. The lowest BCUT2D eigenvalue weighted by molar-refractivity contribution is 0.0982. The van der Waals surface area contributed by atoms with E-state index in [-0.39, 0.29) is 5.91 Å². The first-order valence-electron chi connectivity index (χ1n) is 6.69. The van der Waals surface area contributed by atoms with Crippen LogP contribution in [0.4, 0.5) is 5.69 Å². The van der Waals surface area contributed by atoms with E-state index in [0.29, 0.717) is 24.4 Å². The molecule has 2 heterocycles. The predicted octanol–water partition coefficient (Wildman–Crippen LogP) is 2.10. The normalized spacial score (nSPS) is 16.4. The third-order valence-corrected chi connectivity index (χ3v) is 3.45. The average Bonchev–Trinajstić information content (AvgIpc) is 2.74. The number of oxime groups is 1. The van der Waals surface area contributed by atoms with Crippen LogP contribution in [0.2, 0.25) is 0 Å². The molecule has 0 aliphatic carbocycles. The van der Waals surface area contributed by atoms with Gasteiger partial charge in [0.15, 0.2) is 0 Å². The summed E-state index contributed by atoms with van der Waals surface area (Å²) in [5, 5.41) is 12.5. The van der Waals surface area contributed by atoms with Gasteiger partial charge in [-0.15, -0.1) is 0 Å². The van der Waals surface area contributed by atoms with Crippen LogP contribution in [0.3, 0.4) is 0 Å². The molecule has 1 amide bonds. The van der Waals surface area contributed by atoms with Gasteiger partial charge in [0, 0.05) is 24.5 Å². The van der Waals surface area contributed by atoms with Gasteiger partial charge in [-0.05, 0) is 18.9 Å². The lowest BCUT2D eigenvalue weighted by Crippen LogP contribution is -2.32. The number of fused-ring (bicyclic) bond motifs is 1. The molecule has 0 spiro atoms. The van der Waals surface area contributed by atoms with Gasteiger partial charge in [0.25, 0.3) is 5.91 Å². The van der Waals surface area contributed by atoms with Crippen LogP contribution in [0.1, 0.15) is 28.9 Å². The molecule has 2 aromatic rings. The van der Waals surface area contributed by atoms with Crippen molar-refractivity contribution in [3.63, 3.8) is 0 Å². The molecule has 6 heteroatoms. The van der Waals surface area contributed by atoms with Crippen molar-refractivity contribution in [1.82, 2.24) is 9.97 Å². The Balaban J connectivity index is 2.05. The summed E-state index contributed by atoms with van der Waals surface area (Å²) in [4.78, 5) is 22.3. The van der Waals surface area contributed by atoms with Gasteiger partial charge in [0.1, 0.15) is 5.69 Å². The number of hydrogen-bond acceptors (Lipinski definition) is 5. The van der Waals surface area contributed by atoms with Gasteiger partial charge < -0.3 is 10.1 Å². The first kappa shape index (κ1) is 13.2. The summed E-state index contributed by atoms with van der Waals surface area (Å²) in [5.74, 6) is -0.199. The van der Waals surface area contributed by atoms with Crippen LogP contribution in [0, 0.1) is 0 Å². The quantitative estimate of drug-likeness (QED) is 0.641. The number of benzene rings is 1. The second kappa shape index (κ2) is 5.70. The van der Waals surface area contributed by atoms with Gasteiger partial charge in [-0.25, -0.2) is 4.98 Å². The molecular formula is C15H14N4O2. The molecule has 0 radical (unpaired) electrons. The summed E-state index contributed by atoms with van der Waals surface area (Å²) in [5.41, 5.74) is 2.41. The maximum absolute atomic E-state index is 12.6. The number of hydrogen-bond donors (Lipinski definition) is 1. The number of nitrogens with zero attached hydrogens (tertiary/aromatic N) is 4. The Labute approximate surface area is 121 Å². The molecule has 21 heavy (non-hydrogen) atoms. The van der Waals surface area contributed by atoms with Crippen LogP contribution in [-0.2, 0) is 0 Å². The molecule has 3 rings (SSSR count). The topological polar surface area (TPSA) is 78.7 Å². The van der Waals surface area contributed by atoms with Gasteiger partial charge in [0.2, 0.25) is 0 Å².